The van der Waals surface area contributed by atoms with E-state index in [9.17, 15) is 0 Å². The summed E-state index contributed by atoms with van der Waals surface area (Å²) in [5.41, 5.74) is -0.153. The number of hydrogen-bond donors (Lipinski definition) is 1. The van der Waals surface area contributed by atoms with Gasteiger partial charge in [-0.15, -0.1) is 0 Å². The molecular formula is C12H17ClN2O2. The van der Waals surface area contributed by atoms with E-state index in [2.05, 4.69) is 24.1 Å². The number of pyridine rings is 1. The second-order valence-electron chi connectivity index (χ2n) is 4.73. The molecule has 0 amide bonds. The van der Waals surface area contributed by atoms with E-state index in [1.165, 1.54) is 0 Å². The summed E-state index contributed by atoms with van der Waals surface area (Å²) >= 11 is 5.95. The SMILES string of the molecule is CC1(C)CNCC(COc2ncccc2Cl)O1. The van der Waals surface area contributed by atoms with Crippen LogP contribution < -0.4 is 10.1 Å². The molecule has 1 unspecified atom stereocenters. The van der Waals surface area contributed by atoms with E-state index in [-0.39, 0.29) is 11.7 Å². The maximum absolute atomic E-state index is 5.95. The van der Waals surface area contributed by atoms with E-state index < -0.39 is 0 Å². The molecule has 0 bridgehead atoms. The fourth-order valence-electron chi connectivity index (χ4n) is 1.81. The minimum atomic E-state index is -0.153. The predicted octanol–water partition coefficient (Wildman–Crippen LogP) is 1.88. The first-order valence-corrected chi connectivity index (χ1v) is 6.06. The normalized spacial score (nSPS) is 23.4. The van der Waals surface area contributed by atoms with Gasteiger partial charge >= 0.3 is 0 Å². The molecule has 0 radical (unpaired) electrons. The third kappa shape index (κ3) is 3.56. The van der Waals surface area contributed by atoms with Gasteiger partial charge in [-0.3, -0.25) is 0 Å². The summed E-state index contributed by atoms with van der Waals surface area (Å²) in [6.45, 7) is 6.20. The zero-order chi connectivity index (χ0) is 12.3. The molecule has 1 saturated heterocycles. The number of rotatable bonds is 3. The van der Waals surface area contributed by atoms with Crippen molar-refractivity contribution in [2.75, 3.05) is 19.7 Å². The Labute approximate surface area is 106 Å². The van der Waals surface area contributed by atoms with Gasteiger partial charge in [0.2, 0.25) is 5.88 Å². The quantitative estimate of drug-likeness (QED) is 0.897. The van der Waals surface area contributed by atoms with Crippen molar-refractivity contribution in [1.29, 1.82) is 0 Å². The third-order valence-electron chi connectivity index (χ3n) is 2.54. The molecule has 1 aromatic heterocycles. The van der Waals surface area contributed by atoms with Gasteiger partial charge in [-0.25, -0.2) is 4.98 Å². The minimum absolute atomic E-state index is 0.0248. The van der Waals surface area contributed by atoms with Gasteiger partial charge in [0.15, 0.2) is 0 Å². The molecule has 0 aromatic carbocycles. The topological polar surface area (TPSA) is 43.4 Å². The summed E-state index contributed by atoms with van der Waals surface area (Å²) in [7, 11) is 0. The first-order chi connectivity index (χ1) is 8.07. The smallest absolute Gasteiger partial charge is 0.232 e. The molecule has 2 heterocycles. The fourth-order valence-corrected chi connectivity index (χ4v) is 1.99. The van der Waals surface area contributed by atoms with Gasteiger partial charge < -0.3 is 14.8 Å². The predicted molar refractivity (Wildman–Crippen MR) is 66.6 cm³/mol. The Morgan fingerprint density at radius 1 is 1.65 bits per heavy atom. The lowest BCUT2D eigenvalue weighted by Crippen LogP contribution is -2.52. The van der Waals surface area contributed by atoms with Gasteiger partial charge in [0, 0.05) is 19.3 Å². The van der Waals surface area contributed by atoms with Crippen molar-refractivity contribution >= 4 is 11.6 Å². The van der Waals surface area contributed by atoms with E-state index in [0.717, 1.165) is 13.1 Å². The van der Waals surface area contributed by atoms with Crippen LogP contribution in [0.25, 0.3) is 0 Å². The number of halogens is 1. The molecule has 17 heavy (non-hydrogen) atoms. The maximum Gasteiger partial charge on any atom is 0.232 e. The summed E-state index contributed by atoms with van der Waals surface area (Å²) < 4.78 is 11.4. The maximum atomic E-state index is 5.95. The zero-order valence-corrected chi connectivity index (χ0v) is 10.8. The average molecular weight is 257 g/mol. The lowest BCUT2D eigenvalue weighted by Gasteiger charge is -2.36. The van der Waals surface area contributed by atoms with Crippen LogP contribution in [0.4, 0.5) is 0 Å². The Bertz CT molecular complexity index is 385. The summed E-state index contributed by atoms with van der Waals surface area (Å²) in [6, 6.07) is 3.53. The molecule has 0 aliphatic carbocycles. The highest BCUT2D eigenvalue weighted by Crippen LogP contribution is 2.21. The molecule has 0 spiro atoms. The van der Waals surface area contributed by atoms with E-state index >= 15 is 0 Å². The van der Waals surface area contributed by atoms with Crippen LogP contribution in [-0.2, 0) is 4.74 Å². The highest BCUT2D eigenvalue weighted by molar-refractivity contribution is 6.31. The Kier molecular flexibility index (Phi) is 3.86. The van der Waals surface area contributed by atoms with Crippen LogP contribution in [0.3, 0.4) is 0 Å². The highest BCUT2D eigenvalue weighted by Gasteiger charge is 2.28. The van der Waals surface area contributed by atoms with E-state index in [4.69, 9.17) is 21.1 Å². The molecule has 1 N–H and O–H groups in total. The van der Waals surface area contributed by atoms with E-state index in [0.29, 0.717) is 17.5 Å². The Morgan fingerprint density at radius 3 is 3.18 bits per heavy atom. The molecule has 1 atom stereocenters. The van der Waals surface area contributed by atoms with Crippen LogP contribution in [0.1, 0.15) is 13.8 Å². The molecule has 1 fully saturated rings. The fraction of sp³-hybridized carbons (Fsp3) is 0.583. The minimum Gasteiger partial charge on any atom is -0.474 e. The first kappa shape index (κ1) is 12.6. The summed E-state index contributed by atoms with van der Waals surface area (Å²) in [5.74, 6) is 0.459. The number of hydrogen-bond acceptors (Lipinski definition) is 4. The van der Waals surface area contributed by atoms with Gasteiger partial charge in [0.05, 0.1) is 5.60 Å². The summed E-state index contributed by atoms with van der Waals surface area (Å²) in [6.07, 6.45) is 1.68. The van der Waals surface area contributed by atoms with Crippen LogP contribution in [-0.4, -0.2) is 36.4 Å². The van der Waals surface area contributed by atoms with Gasteiger partial charge in [-0.05, 0) is 26.0 Å². The molecule has 1 aliphatic rings. The van der Waals surface area contributed by atoms with Gasteiger partial charge in [0.1, 0.15) is 17.7 Å². The largest absolute Gasteiger partial charge is 0.474 e. The lowest BCUT2D eigenvalue weighted by atomic mass is 10.1. The molecule has 1 aromatic rings. The van der Waals surface area contributed by atoms with E-state index in [1.807, 2.05) is 0 Å². The molecule has 5 heteroatoms. The van der Waals surface area contributed by atoms with Crippen molar-refractivity contribution in [3.8, 4) is 5.88 Å². The van der Waals surface area contributed by atoms with Crippen LogP contribution in [0.15, 0.2) is 18.3 Å². The number of ether oxygens (including phenoxy) is 2. The van der Waals surface area contributed by atoms with Gasteiger partial charge in [-0.2, -0.15) is 0 Å². The van der Waals surface area contributed by atoms with Gasteiger partial charge in [-0.1, -0.05) is 11.6 Å². The zero-order valence-electron chi connectivity index (χ0n) is 10.1. The van der Waals surface area contributed by atoms with Crippen LogP contribution in [0.2, 0.25) is 5.02 Å². The van der Waals surface area contributed by atoms with Gasteiger partial charge in [0.25, 0.3) is 0 Å². The molecule has 4 nitrogen and oxygen atoms in total. The second kappa shape index (κ2) is 5.21. The van der Waals surface area contributed by atoms with Crippen molar-refractivity contribution in [3.63, 3.8) is 0 Å². The Balaban J connectivity index is 1.88. The van der Waals surface area contributed by atoms with Crippen LogP contribution in [0, 0.1) is 0 Å². The first-order valence-electron chi connectivity index (χ1n) is 5.69. The number of nitrogens with one attached hydrogen (secondary N) is 1. The standard InChI is InChI=1S/C12H17ClN2O2/c1-12(2)8-14-6-9(17-12)7-16-11-10(13)4-3-5-15-11/h3-5,9,14H,6-8H2,1-2H3. The summed E-state index contributed by atoms with van der Waals surface area (Å²) in [4.78, 5) is 4.07. The highest BCUT2D eigenvalue weighted by atomic mass is 35.5. The lowest BCUT2D eigenvalue weighted by molar-refractivity contribution is -0.107. The monoisotopic (exact) mass is 256 g/mol. The van der Waals surface area contributed by atoms with Crippen molar-refractivity contribution in [1.82, 2.24) is 10.3 Å². The number of morpholine rings is 1. The van der Waals surface area contributed by atoms with Crippen molar-refractivity contribution in [2.24, 2.45) is 0 Å². The van der Waals surface area contributed by atoms with E-state index in [1.54, 1.807) is 18.3 Å². The Morgan fingerprint density at radius 2 is 2.47 bits per heavy atom. The third-order valence-corrected chi connectivity index (χ3v) is 2.83. The van der Waals surface area contributed by atoms with Crippen LogP contribution in [0.5, 0.6) is 5.88 Å². The number of aromatic nitrogens is 1. The van der Waals surface area contributed by atoms with Crippen molar-refractivity contribution < 1.29 is 9.47 Å². The van der Waals surface area contributed by atoms with Crippen LogP contribution >= 0.6 is 11.6 Å². The molecule has 0 saturated carbocycles. The molecule has 2 rings (SSSR count). The Hall–Kier alpha value is -0.840. The van der Waals surface area contributed by atoms with Crippen molar-refractivity contribution in [3.05, 3.63) is 23.4 Å². The average Bonchev–Trinajstić information content (AvgIpc) is 2.27. The second-order valence-corrected chi connectivity index (χ2v) is 5.14. The summed E-state index contributed by atoms with van der Waals surface area (Å²) in [5, 5.41) is 3.84. The number of nitrogens with zero attached hydrogens (tertiary/aromatic N) is 1. The van der Waals surface area contributed by atoms with Crippen molar-refractivity contribution in [2.45, 2.75) is 25.6 Å². The molecular weight excluding hydrogens is 240 g/mol. The molecule has 1 aliphatic heterocycles. The molecule has 94 valence electrons.